The Hall–Kier alpha value is -1.24. The van der Waals surface area contributed by atoms with Crippen LogP contribution in [0.15, 0.2) is 52.1 Å². The van der Waals surface area contributed by atoms with E-state index in [0.29, 0.717) is 17.4 Å². The topological polar surface area (TPSA) is 59.1 Å². The maximum absolute atomic E-state index is 12.1. The molecule has 0 amide bonds. The van der Waals surface area contributed by atoms with Gasteiger partial charge in [-0.05, 0) is 46.5 Å². The number of aryl methyl sites for hydroxylation is 1. The molecule has 1 N–H and O–H groups in total. The Morgan fingerprint density at radius 2 is 2.00 bits per heavy atom. The van der Waals surface area contributed by atoms with Gasteiger partial charge in [0.1, 0.15) is 4.90 Å². The molecule has 0 radical (unpaired) electrons. The van der Waals surface area contributed by atoms with Crippen molar-refractivity contribution in [2.24, 2.45) is 0 Å². The van der Waals surface area contributed by atoms with Crippen molar-refractivity contribution < 1.29 is 8.42 Å². The molecular formula is C14H15BrN2O2S. The Bertz CT molecular complexity index is 702. The van der Waals surface area contributed by atoms with E-state index in [0.717, 1.165) is 11.1 Å². The predicted octanol–water partition coefficient (Wildman–Crippen LogP) is 2.67. The van der Waals surface area contributed by atoms with E-state index in [-0.39, 0.29) is 4.90 Å². The summed E-state index contributed by atoms with van der Waals surface area (Å²) in [6.07, 6.45) is 3.54. The van der Waals surface area contributed by atoms with Gasteiger partial charge in [-0.15, -0.1) is 0 Å². The third kappa shape index (κ3) is 3.88. The molecule has 106 valence electrons. The summed E-state index contributed by atoms with van der Waals surface area (Å²) in [6, 6.07) is 9.47. The van der Waals surface area contributed by atoms with Crippen molar-refractivity contribution in [2.45, 2.75) is 18.2 Å². The average molecular weight is 355 g/mol. The molecule has 2 rings (SSSR count). The molecule has 0 saturated carbocycles. The molecule has 0 aliphatic rings. The Labute approximate surface area is 127 Å². The number of nitrogens with one attached hydrogen (secondary N) is 1. The zero-order chi connectivity index (χ0) is 14.6. The van der Waals surface area contributed by atoms with E-state index >= 15 is 0 Å². The van der Waals surface area contributed by atoms with Crippen LogP contribution in [0.4, 0.5) is 0 Å². The molecule has 0 atom stereocenters. The van der Waals surface area contributed by atoms with Crippen LogP contribution in [0.25, 0.3) is 0 Å². The van der Waals surface area contributed by atoms with E-state index in [9.17, 15) is 8.42 Å². The number of pyridine rings is 1. The van der Waals surface area contributed by atoms with Gasteiger partial charge in [-0.2, -0.15) is 0 Å². The molecule has 0 aliphatic carbocycles. The van der Waals surface area contributed by atoms with E-state index in [2.05, 4.69) is 25.6 Å². The van der Waals surface area contributed by atoms with Crippen LogP contribution in [0.1, 0.15) is 11.1 Å². The van der Waals surface area contributed by atoms with Gasteiger partial charge in [-0.1, -0.05) is 24.3 Å². The average Bonchev–Trinajstić information content (AvgIpc) is 2.41. The van der Waals surface area contributed by atoms with E-state index in [1.54, 1.807) is 6.20 Å². The normalized spacial score (nSPS) is 11.5. The predicted molar refractivity (Wildman–Crippen MR) is 82.0 cm³/mol. The summed E-state index contributed by atoms with van der Waals surface area (Å²) in [5.41, 5.74) is 2.30. The first-order valence-corrected chi connectivity index (χ1v) is 8.41. The van der Waals surface area contributed by atoms with Crippen LogP contribution >= 0.6 is 15.9 Å². The smallest absolute Gasteiger partial charge is 0.242 e. The SMILES string of the molecule is Cc1ccccc1CCNS(=O)(=O)c1cncc(Br)c1. The number of sulfonamides is 1. The molecule has 0 fully saturated rings. The van der Waals surface area contributed by atoms with Gasteiger partial charge >= 0.3 is 0 Å². The largest absolute Gasteiger partial charge is 0.262 e. The molecule has 6 heteroatoms. The van der Waals surface area contributed by atoms with E-state index < -0.39 is 10.0 Å². The second-order valence-corrected chi connectivity index (χ2v) is 7.10. The van der Waals surface area contributed by atoms with Crippen LogP contribution < -0.4 is 4.72 Å². The second kappa shape index (κ2) is 6.47. The van der Waals surface area contributed by atoms with Crippen LogP contribution in [-0.4, -0.2) is 19.9 Å². The lowest BCUT2D eigenvalue weighted by Crippen LogP contribution is -2.26. The van der Waals surface area contributed by atoms with E-state index in [4.69, 9.17) is 0 Å². The summed E-state index contributed by atoms with van der Waals surface area (Å²) < 4.78 is 27.4. The second-order valence-electron chi connectivity index (χ2n) is 4.41. The molecule has 1 aromatic heterocycles. The third-order valence-electron chi connectivity index (χ3n) is 2.94. The first-order chi connectivity index (χ1) is 9.49. The summed E-state index contributed by atoms with van der Waals surface area (Å²) >= 11 is 3.21. The number of benzene rings is 1. The highest BCUT2D eigenvalue weighted by Crippen LogP contribution is 2.14. The van der Waals surface area contributed by atoms with Crippen LogP contribution in [0.2, 0.25) is 0 Å². The van der Waals surface area contributed by atoms with Gasteiger partial charge in [-0.3, -0.25) is 4.98 Å². The van der Waals surface area contributed by atoms with Gasteiger partial charge in [0.25, 0.3) is 0 Å². The van der Waals surface area contributed by atoms with Gasteiger partial charge in [0.2, 0.25) is 10.0 Å². The van der Waals surface area contributed by atoms with E-state index in [1.807, 2.05) is 31.2 Å². The molecule has 0 spiro atoms. The number of rotatable bonds is 5. The molecule has 0 saturated heterocycles. The molecule has 0 aliphatic heterocycles. The van der Waals surface area contributed by atoms with Crippen molar-refractivity contribution in [3.8, 4) is 0 Å². The lowest BCUT2D eigenvalue weighted by molar-refractivity contribution is 0.581. The Kier molecular flexibility index (Phi) is 4.91. The molecule has 1 heterocycles. The third-order valence-corrected chi connectivity index (χ3v) is 4.80. The minimum absolute atomic E-state index is 0.164. The van der Waals surface area contributed by atoms with Crippen molar-refractivity contribution in [1.29, 1.82) is 0 Å². The fourth-order valence-electron chi connectivity index (χ4n) is 1.83. The monoisotopic (exact) mass is 354 g/mol. The first kappa shape index (κ1) is 15.2. The van der Waals surface area contributed by atoms with Crippen LogP contribution in [0, 0.1) is 6.92 Å². The highest BCUT2D eigenvalue weighted by atomic mass is 79.9. The quantitative estimate of drug-likeness (QED) is 0.897. The lowest BCUT2D eigenvalue weighted by atomic mass is 10.1. The standard InChI is InChI=1S/C14H15BrN2O2S/c1-11-4-2-3-5-12(11)6-7-17-20(18,19)14-8-13(15)9-16-10-14/h2-5,8-10,17H,6-7H2,1H3. The molecule has 2 aromatic rings. The fourth-order valence-corrected chi connectivity index (χ4v) is 3.37. The number of aromatic nitrogens is 1. The minimum Gasteiger partial charge on any atom is -0.262 e. The van der Waals surface area contributed by atoms with Crippen molar-refractivity contribution in [3.05, 3.63) is 58.3 Å². The highest BCUT2D eigenvalue weighted by molar-refractivity contribution is 9.10. The van der Waals surface area contributed by atoms with Crippen LogP contribution in [-0.2, 0) is 16.4 Å². The summed E-state index contributed by atoms with van der Waals surface area (Å²) in [5, 5.41) is 0. The van der Waals surface area contributed by atoms with E-state index in [1.165, 1.54) is 12.3 Å². The maximum Gasteiger partial charge on any atom is 0.242 e. The van der Waals surface area contributed by atoms with Crippen molar-refractivity contribution in [3.63, 3.8) is 0 Å². The molecule has 1 aromatic carbocycles. The number of halogens is 1. The van der Waals surface area contributed by atoms with Crippen LogP contribution in [0.3, 0.4) is 0 Å². The first-order valence-electron chi connectivity index (χ1n) is 6.14. The van der Waals surface area contributed by atoms with Crippen molar-refractivity contribution in [2.75, 3.05) is 6.54 Å². The zero-order valence-electron chi connectivity index (χ0n) is 11.0. The summed E-state index contributed by atoms with van der Waals surface area (Å²) in [6.45, 7) is 2.38. The van der Waals surface area contributed by atoms with Crippen LogP contribution in [0.5, 0.6) is 0 Å². The molecule has 4 nitrogen and oxygen atoms in total. The van der Waals surface area contributed by atoms with Gasteiger partial charge in [-0.25, -0.2) is 13.1 Å². The van der Waals surface area contributed by atoms with Crippen molar-refractivity contribution in [1.82, 2.24) is 9.71 Å². The number of hydrogen-bond donors (Lipinski definition) is 1. The molecule has 0 unspecified atom stereocenters. The van der Waals surface area contributed by atoms with Gasteiger partial charge < -0.3 is 0 Å². The summed E-state index contributed by atoms with van der Waals surface area (Å²) in [4.78, 5) is 4.03. The number of nitrogens with zero attached hydrogens (tertiary/aromatic N) is 1. The maximum atomic E-state index is 12.1. The van der Waals surface area contributed by atoms with Gasteiger partial charge in [0.15, 0.2) is 0 Å². The summed E-state index contributed by atoms with van der Waals surface area (Å²) in [7, 11) is -3.51. The number of hydrogen-bond acceptors (Lipinski definition) is 3. The van der Waals surface area contributed by atoms with Crippen molar-refractivity contribution >= 4 is 26.0 Å². The Morgan fingerprint density at radius 3 is 2.70 bits per heavy atom. The lowest BCUT2D eigenvalue weighted by Gasteiger charge is -2.08. The highest BCUT2D eigenvalue weighted by Gasteiger charge is 2.14. The molecule has 0 bridgehead atoms. The minimum atomic E-state index is -3.51. The van der Waals surface area contributed by atoms with Gasteiger partial charge in [0.05, 0.1) is 0 Å². The Balaban J connectivity index is 2.02. The molecule has 20 heavy (non-hydrogen) atoms. The summed E-state index contributed by atoms with van der Waals surface area (Å²) in [5.74, 6) is 0. The zero-order valence-corrected chi connectivity index (χ0v) is 13.4. The Morgan fingerprint density at radius 1 is 1.25 bits per heavy atom. The fraction of sp³-hybridized carbons (Fsp3) is 0.214. The van der Waals surface area contributed by atoms with Gasteiger partial charge in [0, 0.05) is 23.4 Å². The molecular weight excluding hydrogens is 340 g/mol.